The van der Waals surface area contributed by atoms with Crippen molar-refractivity contribution in [2.75, 3.05) is 25.6 Å². The fourth-order valence-electron chi connectivity index (χ4n) is 3.79. The number of hydrogen-bond acceptors (Lipinski definition) is 5. The molecule has 7 nitrogen and oxygen atoms in total. The first kappa shape index (κ1) is 25.8. The van der Waals surface area contributed by atoms with Gasteiger partial charge in [-0.05, 0) is 43.5 Å². The van der Waals surface area contributed by atoms with Crippen LogP contribution < -0.4 is 20.7 Å². The maximum absolute atomic E-state index is 12.8. The first-order valence-corrected chi connectivity index (χ1v) is 10.8. The number of methoxy groups -OCH3 is 1. The number of ether oxygens (including phenoxy) is 2. The van der Waals surface area contributed by atoms with Crippen molar-refractivity contribution in [2.45, 2.75) is 63.9 Å². The van der Waals surface area contributed by atoms with Gasteiger partial charge in [-0.3, -0.25) is 9.59 Å². The highest BCUT2D eigenvalue weighted by Gasteiger charge is 2.31. The van der Waals surface area contributed by atoms with E-state index in [1.807, 2.05) is 0 Å². The van der Waals surface area contributed by atoms with Crippen LogP contribution in [-0.2, 0) is 14.3 Å². The highest BCUT2D eigenvalue weighted by Crippen LogP contribution is 2.27. The predicted octanol–water partition coefficient (Wildman–Crippen LogP) is 3.60. The molecule has 3 N–H and O–H groups in total. The van der Waals surface area contributed by atoms with Crippen LogP contribution in [0.3, 0.4) is 0 Å². The van der Waals surface area contributed by atoms with E-state index < -0.39 is 12.4 Å². The highest BCUT2D eigenvalue weighted by atomic mass is 19.4. The van der Waals surface area contributed by atoms with Gasteiger partial charge in [0.05, 0.1) is 0 Å². The van der Waals surface area contributed by atoms with Gasteiger partial charge in [0.15, 0.2) is 0 Å². The van der Waals surface area contributed by atoms with Gasteiger partial charge in [-0.15, -0.1) is 13.2 Å². The lowest BCUT2D eigenvalue weighted by molar-refractivity contribution is -0.274. The van der Waals surface area contributed by atoms with Crippen molar-refractivity contribution in [1.29, 1.82) is 0 Å². The van der Waals surface area contributed by atoms with Gasteiger partial charge in [-0.2, -0.15) is 0 Å². The fraction of sp³-hybridized carbons (Fsp3) is 0.636. The Bertz CT molecular complexity index is 722. The number of hydrogen-bond donors (Lipinski definition) is 3. The number of amides is 2. The standard InChI is InChI=1S/C22H32F3N3O4/c1-15(13-26-17-8-10-18(11-9-17)32-22(23,24)25)27-21(30)19(28-20(29)14-31-2)12-16-6-4-3-5-7-16/h8-11,15-16,19,26H,3-7,12-14H2,1-2H3,(H,27,30)(H,28,29)/t15-,19-/m0/s1. The molecule has 0 radical (unpaired) electrons. The number of alkyl halides is 3. The van der Waals surface area contributed by atoms with E-state index in [2.05, 4.69) is 20.7 Å². The smallest absolute Gasteiger partial charge is 0.406 e. The molecule has 2 atom stereocenters. The second-order valence-corrected chi connectivity index (χ2v) is 8.16. The van der Waals surface area contributed by atoms with Crippen LogP contribution in [0.5, 0.6) is 5.75 Å². The van der Waals surface area contributed by atoms with Crippen LogP contribution in [-0.4, -0.2) is 50.5 Å². The average molecular weight is 460 g/mol. The van der Waals surface area contributed by atoms with Gasteiger partial charge in [0.2, 0.25) is 11.8 Å². The zero-order chi connectivity index (χ0) is 23.6. The van der Waals surface area contributed by atoms with Gasteiger partial charge >= 0.3 is 6.36 Å². The second kappa shape index (κ2) is 12.5. The second-order valence-electron chi connectivity index (χ2n) is 8.16. The maximum Gasteiger partial charge on any atom is 0.573 e. The molecule has 1 aromatic rings. The fourth-order valence-corrected chi connectivity index (χ4v) is 3.79. The van der Waals surface area contributed by atoms with Crippen molar-refractivity contribution >= 4 is 17.5 Å². The van der Waals surface area contributed by atoms with E-state index in [-0.39, 0.29) is 30.2 Å². The zero-order valence-corrected chi connectivity index (χ0v) is 18.5. The van der Waals surface area contributed by atoms with Crippen LogP contribution in [0.2, 0.25) is 0 Å². The Morgan fingerprint density at radius 1 is 1.09 bits per heavy atom. The van der Waals surface area contributed by atoms with Gasteiger partial charge in [-0.25, -0.2) is 0 Å². The normalized spacial score (nSPS) is 16.7. The van der Waals surface area contributed by atoms with Crippen molar-refractivity contribution in [2.24, 2.45) is 5.92 Å². The summed E-state index contributed by atoms with van der Waals surface area (Å²) in [5.74, 6) is -0.506. The molecule has 1 aromatic carbocycles. The minimum Gasteiger partial charge on any atom is -0.406 e. The molecule has 0 aliphatic heterocycles. The minimum absolute atomic E-state index is 0.112. The minimum atomic E-state index is -4.74. The molecule has 1 saturated carbocycles. The Labute approximate surface area is 186 Å². The molecule has 2 rings (SSSR count). The van der Waals surface area contributed by atoms with E-state index in [0.29, 0.717) is 24.6 Å². The van der Waals surface area contributed by atoms with Crippen LogP contribution in [0, 0.1) is 5.92 Å². The molecule has 0 heterocycles. The van der Waals surface area contributed by atoms with Crippen LogP contribution in [0.25, 0.3) is 0 Å². The lowest BCUT2D eigenvalue weighted by Gasteiger charge is -2.27. The van der Waals surface area contributed by atoms with E-state index in [0.717, 1.165) is 25.7 Å². The Hall–Kier alpha value is -2.49. The summed E-state index contributed by atoms with van der Waals surface area (Å²) in [5, 5.41) is 8.73. The van der Waals surface area contributed by atoms with Gasteiger partial charge in [0.25, 0.3) is 0 Å². The van der Waals surface area contributed by atoms with E-state index in [1.54, 1.807) is 6.92 Å². The first-order valence-electron chi connectivity index (χ1n) is 10.8. The quantitative estimate of drug-likeness (QED) is 0.471. The van der Waals surface area contributed by atoms with Crippen molar-refractivity contribution in [1.82, 2.24) is 10.6 Å². The topological polar surface area (TPSA) is 88.7 Å². The maximum atomic E-state index is 12.8. The summed E-state index contributed by atoms with van der Waals surface area (Å²) < 4.78 is 45.4. The third-order valence-corrected chi connectivity index (χ3v) is 5.31. The SMILES string of the molecule is COCC(=O)N[C@@H](CC1CCCCC1)C(=O)N[C@@H](C)CNc1ccc(OC(F)(F)F)cc1. The molecule has 1 fully saturated rings. The lowest BCUT2D eigenvalue weighted by Crippen LogP contribution is -2.51. The summed E-state index contributed by atoms with van der Waals surface area (Å²) >= 11 is 0. The molecular weight excluding hydrogens is 427 g/mol. The van der Waals surface area contributed by atoms with E-state index in [1.165, 1.54) is 37.8 Å². The molecule has 0 aromatic heterocycles. The summed E-state index contributed by atoms with van der Waals surface area (Å²) in [6.07, 6.45) is 1.43. The molecule has 0 spiro atoms. The highest BCUT2D eigenvalue weighted by molar-refractivity contribution is 5.88. The van der Waals surface area contributed by atoms with E-state index in [9.17, 15) is 22.8 Å². The Kier molecular flexibility index (Phi) is 10.1. The van der Waals surface area contributed by atoms with Crippen molar-refractivity contribution in [3.05, 3.63) is 24.3 Å². The van der Waals surface area contributed by atoms with Gasteiger partial charge in [0, 0.05) is 25.4 Å². The Balaban J connectivity index is 1.86. The molecule has 0 saturated heterocycles. The third-order valence-electron chi connectivity index (χ3n) is 5.31. The number of rotatable bonds is 11. The molecule has 10 heteroatoms. The van der Waals surface area contributed by atoms with Crippen LogP contribution in [0.4, 0.5) is 18.9 Å². The summed E-state index contributed by atoms with van der Waals surface area (Å²) in [5.41, 5.74) is 0.591. The first-order chi connectivity index (χ1) is 15.2. The zero-order valence-electron chi connectivity index (χ0n) is 18.5. The van der Waals surface area contributed by atoms with Gasteiger partial charge < -0.3 is 25.4 Å². The Morgan fingerprint density at radius 2 is 1.75 bits per heavy atom. The number of halogens is 3. The van der Waals surface area contributed by atoms with Crippen LogP contribution >= 0.6 is 0 Å². The monoisotopic (exact) mass is 459 g/mol. The Morgan fingerprint density at radius 3 is 2.34 bits per heavy atom. The van der Waals surface area contributed by atoms with Crippen molar-refractivity contribution in [3.8, 4) is 5.75 Å². The van der Waals surface area contributed by atoms with Crippen molar-refractivity contribution in [3.63, 3.8) is 0 Å². The third kappa shape index (κ3) is 9.76. The largest absolute Gasteiger partial charge is 0.573 e. The van der Waals surface area contributed by atoms with Gasteiger partial charge in [0.1, 0.15) is 18.4 Å². The average Bonchev–Trinajstić information content (AvgIpc) is 2.72. The lowest BCUT2D eigenvalue weighted by atomic mass is 9.84. The number of nitrogens with one attached hydrogen (secondary N) is 3. The summed E-state index contributed by atoms with van der Waals surface area (Å²) in [7, 11) is 1.42. The number of benzene rings is 1. The van der Waals surface area contributed by atoms with Crippen LogP contribution in [0.15, 0.2) is 24.3 Å². The molecular formula is C22H32F3N3O4. The van der Waals surface area contributed by atoms with E-state index in [4.69, 9.17) is 4.74 Å². The number of anilines is 1. The number of carbonyl (C=O) groups is 2. The molecule has 1 aliphatic rings. The van der Waals surface area contributed by atoms with Crippen molar-refractivity contribution < 1.29 is 32.2 Å². The molecule has 0 unspecified atom stereocenters. The summed E-state index contributed by atoms with van der Waals surface area (Å²) in [4.78, 5) is 24.8. The summed E-state index contributed by atoms with van der Waals surface area (Å²) in [6.45, 7) is 2.05. The van der Waals surface area contributed by atoms with Crippen LogP contribution in [0.1, 0.15) is 45.4 Å². The molecule has 32 heavy (non-hydrogen) atoms. The molecule has 2 amide bonds. The number of carbonyl (C=O) groups excluding carboxylic acids is 2. The van der Waals surface area contributed by atoms with Gasteiger partial charge in [-0.1, -0.05) is 32.1 Å². The summed E-state index contributed by atoms with van der Waals surface area (Å²) in [6, 6.07) is 4.44. The molecule has 180 valence electrons. The molecule has 1 aliphatic carbocycles. The molecule has 0 bridgehead atoms. The van der Waals surface area contributed by atoms with E-state index >= 15 is 0 Å². The predicted molar refractivity (Wildman–Crippen MR) is 114 cm³/mol.